The Hall–Kier alpha value is -2.45. The molecule has 18 heavy (non-hydrogen) atoms. The molecule has 0 aliphatic rings. The quantitative estimate of drug-likeness (QED) is 0.843. The molecule has 2 aromatic rings. The molecule has 0 saturated heterocycles. The smallest absolute Gasteiger partial charge is 0.158 e. The fourth-order valence-electron chi connectivity index (χ4n) is 1.51. The maximum absolute atomic E-state index is 8.60. The molecule has 3 N–H and O–H groups in total. The molecule has 0 spiro atoms. The lowest BCUT2D eigenvalue weighted by atomic mass is 10.1. The second-order valence-corrected chi connectivity index (χ2v) is 3.80. The van der Waals surface area contributed by atoms with Crippen LogP contribution >= 0.6 is 0 Å². The van der Waals surface area contributed by atoms with Gasteiger partial charge in [-0.3, -0.25) is 0 Å². The van der Waals surface area contributed by atoms with E-state index in [1.165, 1.54) is 12.4 Å². The van der Waals surface area contributed by atoms with Crippen molar-refractivity contribution in [3.05, 3.63) is 54.0 Å². The van der Waals surface area contributed by atoms with E-state index in [-0.39, 0.29) is 6.04 Å². The Labute approximate surface area is 105 Å². The summed E-state index contributed by atoms with van der Waals surface area (Å²) >= 11 is 0. The first-order chi connectivity index (χ1) is 8.79. The normalized spacial score (nSPS) is 11.6. The number of nitrogens with two attached hydrogens (primary N) is 1. The molecule has 5 nitrogen and oxygen atoms in total. The van der Waals surface area contributed by atoms with Crippen molar-refractivity contribution in [2.24, 2.45) is 5.73 Å². The maximum atomic E-state index is 8.60. The Balaban J connectivity index is 1.93. The molecule has 90 valence electrons. The van der Waals surface area contributed by atoms with Gasteiger partial charge in [0.05, 0.1) is 12.4 Å². The molecule has 0 fully saturated rings. The van der Waals surface area contributed by atoms with Crippen LogP contribution in [-0.4, -0.2) is 16.5 Å². The van der Waals surface area contributed by atoms with Gasteiger partial charge in [-0.15, -0.1) is 0 Å². The van der Waals surface area contributed by atoms with Crippen LogP contribution in [0.2, 0.25) is 0 Å². The van der Waals surface area contributed by atoms with Gasteiger partial charge in [-0.2, -0.15) is 5.26 Å². The molecular weight excluding hydrogens is 226 g/mol. The van der Waals surface area contributed by atoms with Crippen LogP contribution in [0.1, 0.15) is 17.3 Å². The SMILES string of the molecule is N#Cc1cnc(NCC(N)c2ccccc2)cn1. The molecule has 0 bridgehead atoms. The number of rotatable bonds is 4. The van der Waals surface area contributed by atoms with Gasteiger partial charge < -0.3 is 11.1 Å². The van der Waals surface area contributed by atoms with Crippen molar-refractivity contribution in [1.82, 2.24) is 9.97 Å². The van der Waals surface area contributed by atoms with Crippen LogP contribution in [0, 0.1) is 11.3 Å². The molecular formula is C13H13N5. The molecule has 1 aromatic carbocycles. The summed E-state index contributed by atoms with van der Waals surface area (Å²) in [6, 6.07) is 11.6. The number of hydrogen-bond donors (Lipinski definition) is 2. The summed E-state index contributed by atoms with van der Waals surface area (Å²) in [7, 11) is 0. The van der Waals surface area contributed by atoms with Crippen molar-refractivity contribution in [3.8, 4) is 6.07 Å². The Kier molecular flexibility index (Phi) is 3.84. The average Bonchev–Trinajstić information content (AvgIpc) is 2.46. The van der Waals surface area contributed by atoms with Gasteiger partial charge in [0.25, 0.3) is 0 Å². The van der Waals surface area contributed by atoms with Crippen molar-refractivity contribution in [1.29, 1.82) is 5.26 Å². The first-order valence-electron chi connectivity index (χ1n) is 5.56. The predicted molar refractivity (Wildman–Crippen MR) is 68.6 cm³/mol. The van der Waals surface area contributed by atoms with Crippen LogP contribution in [0.3, 0.4) is 0 Å². The summed E-state index contributed by atoms with van der Waals surface area (Å²) < 4.78 is 0. The van der Waals surface area contributed by atoms with Crippen LogP contribution in [0.15, 0.2) is 42.7 Å². The second-order valence-electron chi connectivity index (χ2n) is 3.80. The summed E-state index contributed by atoms with van der Waals surface area (Å²) in [5.74, 6) is 0.611. The highest BCUT2D eigenvalue weighted by Gasteiger charge is 2.05. The third-order valence-electron chi connectivity index (χ3n) is 2.50. The topological polar surface area (TPSA) is 87.6 Å². The minimum atomic E-state index is -0.108. The lowest BCUT2D eigenvalue weighted by Crippen LogP contribution is -2.21. The molecule has 5 heteroatoms. The van der Waals surface area contributed by atoms with Gasteiger partial charge in [0.15, 0.2) is 5.69 Å². The van der Waals surface area contributed by atoms with Crippen molar-refractivity contribution in [2.75, 3.05) is 11.9 Å². The summed E-state index contributed by atoms with van der Waals surface area (Å²) in [5.41, 5.74) is 7.40. The number of aromatic nitrogens is 2. The van der Waals surface area contributed by atoms with E-state index in [1.807, 2.05) is 36.4 Å². The second kappa shape index (κ2) is 5.75. The zero-order valence-corrected chi connectivity index (χ0v) is 9.74. The van der Waals surface area contributed by atoms with E-state index in [9.17, 15) is 0 Å². The number of benzene rings is 1. The Bertz CT molecular complexity index is 530. The standard InChI is InChI=1S/C13H13N5/c14-6-11-7-17-13(9-16-11)18-8-12(15)10-4-2-1-3-5-10/h1-5,7,9,12H,8,15H2,(H,17,18). The number of nitrogens with zero attached hydrogens (tertiary/aromatic N) is 3. The molecule has 1 atom stereocenters. The van der Waals surface area contributed by atoms with Gasteiger partial charge >= 0.3 is 0 Å². The number of nitriles is 1. The highest BCUT2D eigenvalue weighted by molar-refractivity contribution is 5.34. The van der Waals surface area contributed by atoms with E-state index >= 15 is 0 Å². The largest absolute Gasteiger partial charge is 0.367 e. The monoisotopic (exact) mass is 239 g/mol. The number of anilines is 1. The first kappa shape index (κ1) is 12.0. The average molecular weight is 239 g/mol. The number of hydrogen-bond acceptors (Lipinski definition) is 5. The molecule has 1 aromatic heterocycles. The Morgan fingerprint density at radius 3 is 2.61 bits per heavy atom. The minimum Gasteiger partial charge on any atom is -0.367 e. The third-order valence-corrected chi connectivity index (χ3v) is 2.50. The van der Waals surface area contributed by atoms with E-state index in [0.29, 0.717) is 18.1 Å². The minimum absolute atomic E-state index is 0.108. The maximum Gasteiger partial charge on any atom is 0.158 e. The van der Waals surface area contributed by atoms with Gasteiger partial charge in [-0.1, -0.05) is 30.3 Å². The lowest BCUT2D eigenvalue weighted by molar-refractivity contribution is 0.761. The molecule has 0 radical (unpaired) electrons. The Morgan fingerprint density at radius 1 is 1.22 bits per heavy atom. The number of nitrogens with one attached hydrogen (secondary N) is 1. The van der Waals surface area contributed by atoms with Crippen LogP contribution in [-0.2, 0) is 0 Å². The summed E-state index contributed by atoms with van der Waals surface area (Å²) in [4.78, 5) is 7.98. The van der Waals surface area contributed by atoms with Gasteiger partial charge in [0.2, 0.25) is 0 Å². The molecule has 0 amide bonds. The van der Waals surface area contributed by atoms with Crippen LogP contribution < -0.4 is 11.1 Å². The van der Waals surface area contributed by atoms with E-state index in [0.717, 1.165) is 5.56 Å². The lowest BCUT2D eigenvalue weighted by Gasteiger charge is -2.13. The van der Waals surface area contributed by atoms with Crippen LogP contribution in [0.4, 0.5) is 5.82 Å². The van der Waals surface area contributed by atoms with Gasteiger partial charge in [-0.05, 0) is 5.56 Å². The third kappa shape index (κ3) is 3.03. The van der Waals surface area contributed by atoms with Crippen molar-refractivity contribution in [3.63, 3.8) is 0 Å². The predicted octanol–water partition coefficient (Wildman–Crippen LogP) is 1.46. The zero-order valence-electron chi connectivity index (χ0n) is 9.74. The summed E-state index contributed by atoms with van der Waals surface area (Å²) in [6.07, 6.45) is 2.95. The van der Waals surface area contributed by atoms with E-state index in [1.54, 1.807) is 0 Å². The Morgan fingerprint density at radius 2 is 2.00 bits per heavy atom. The van der Waals surface area contributed by atoms with E-state index in [2.05, 4.69) is 15.3 Å². The highest BCUT2D eigenvalue weighted by Crippen LogP contribution is 2.10. The van der Waals surface area contributed by atoms with Crippen LogP contribution in [0.25, 0.3) is 0 Å². The van der Waals surface area contributed by atoms with E-state index < -0.39 is 0 Å². The highest BCUT2D eigenvalue weighted by atomic mass is 15.0. The van der Waals surface area contributed by atoms with Gasteiger partial charge in [-0.25, -0.2) is 9.97 Å². The molecule has 0 aliphatic heterocycles. The first-order valence-corrected chi connectivity index (χ1v) is 5.56. The molecule has 0 saturated carbocycles. The van der Waals surface area contributed by atoms with Crippen LogP contribution in [0.5, 0.6) is 0 Å². The molecule has 1 unspecified atom stereocenters. The molecule has 1 heterocycles. The van der Waals surface area contributed by atoms with E-state index in [4.69, 9.17) is 11.0 Å². The fourth-order valence-corrected chi connectivity index (χ4v) is 1.51. The summed E-state index contributed by atoms with van der Waals surface area (Å²) in [5, 5.41) is 11.7. The zero-order chi connectivity index (χ0) is 12.8. The van der Waals surface area contributed by atoms with Crippen molar-refractivity contribution >= 4 is 5.82 Å². The van der Waals surface area contributed by atoms with Gasteiger partial charge in [0.1, 0.15) is 11.9 Å². The summed E-state index contributed by atoms with van der Waals surface area (Å²) in [6.45, 7) is 0.560. The fraction of sp³-hybridized carbons (Fsp3) is 0.154. The van der Waals surface area contributed by atoms with Crippen molar-refractivity contribution < 1.29 is 0 Å². The van der Waals surface area contributed by atoms with Gasteiger partial charge in [0, 0.05) is 12.6 Å². The molecule has 0 aliphatic carbocycles. The molecule has 2 rings (SSSR count). The van der Waals surface area contributed by atoms with Crippen molar-refractivity contribution in [2.45, 2.75) is 6.04 Å².